The maximum Gasteiger partial charge on any atom is 0.416 e. The Morgan fingerprint density at radius 1 is 1.16 bits per heavy atom. The van der Waals surface area contributed by atoms with E-state index in [2.05, 4.69) is 15.0 Å². The van der Waals surface area contributed by atoms with Crippen molar-refractivity contribution < 1.29 is 27.9 Å². The number of aliphatic carboxylic acids is 1. The van der Waals surface area contributed by atoms with E-state index in [1.165, 1.54) is 6.07 Å². The van der Waals surface area contributed by atoms with Crippen molar-refractivity contribution in [2.45, 2.75) is 77.6 Å². The molecule has 1 aliphatic heterocycles. The number of hydrogen-bond acceptors (Lipinski definition) is 5. The summed E-state index contributed by atoms with van der Waals surface area (Å²) in [4.78, 5) is 23.2. The fraction of sp³-hybridized carbons (Fsp3) is 0.536. The first-order chi connectivity index (χ1) is 17.7. The molecule has 0 atom stereocenters. The first-order valence-electron chi connectivity index (χ1n) is 13.0. The lowest BCUT2D eigenvalue weighted by Crippen LogP contribution is -2.49. The van der Waals surface area contributed by atoms with Crippen molar-refractivity contribution in [1.29, 1.82) is 0 Å². The lowest BCUT2D eigenvalue weighted by molar-refractivity contribution is -0.147. The summed E-state index contributed by atoms with van der Waals surface area (Å²) in [5.74, 6) is -1.11. The lowest BCUT2D eigenvalue weighted by Gasteiger charge is -2.36. The molecule has 9 heteroatoms. The lowest BCUT2D eigenvalue weighted by atomic mass is 9.81. The van der Waals surface area contributed by atoms with Crippen LogP contribution in [0.15, 0.2) is 35.5 Å². The van der Waals surface area contributed by atoms with Gasteiger partial charge in [0.05, 0.1) is 17.2 Å². The number of hydrogen-bond donors (Lipinski definition) is 1. The van der Waals surface area contributed by atoms with Crippen LogP contribution >= 0.6 is 0 Å². The Morgan fingerprint density at radius 3 is 2.54 bits per heavy atom. The molecule has 1 saturated carbocycles. The maximum atomic E-state index is 13.8. The van der Waals surface area contributed by atoms with Gasteiger partial charge in [-0.15, -0.1) is 0 Å². The zero-order valence-corrected chi connectivity index (χ0v) is 21.4. The number of nitrogens with zero attached hydrogens (tertiary/aromatic N) is 3. The van der Waals surface area contributed by atoms with E-state index in [4.69, 9.17) is 9.94 Å². The molecular formula is C28H34F3N3O3. The summed E-state index contributed by atoms with van der Waals surface area (Å²) in [5, 5.41) is 13.2. The van der Waals surface area contributed by atoms with Gasteiger partial charge in [-0.1, -0.05) is 49.5 Å². The van der Waals surface area contributed by atoms with Crippen LogP contribution in [0.1, 0.15) is 85.5 Å². The molecule has 4 rings (SSSR count). The minimum Gasteiger partial charge on any atom is -0.481 e. The standard InChI is InChI=1S/C28H34F3N3O3/c1-3-25-21(14-34-15-22(16-34)27(35)36)10-12-26(32-25)18(2)33-37-17-19-9-11-23(20-7-5-4-6-8-20)24(13-19)28(29,30)31/h9-13,20,22H,3-8,14-17H2,1-2H3,(H,35,36)/b33-18+. The molecule has 2 heterocycles. The van der Waals surface area contributed by atoms with Crippen molar-refractivity contribution in [1.82, 2.24) is 9.88 Å². The van der Waals surface area contributed by atoms with Gasteiger partial charge in [-0.25, -0.2) is 0 Å². The third-order valence-corrected chi connectivity index (χ3v) is 7.38. The summed E-state index contributed by atoms with van der Waals surface area (Å²) in [6, 6.07) is 8.32. The Kier molecular flexibility index (Phi) is 8.52. The summed E-state index contributed by atoms with van der Waals surface area (Å²) in [7, 11) is 0. The van der Waals surface area contributed by atoms with E-state index >= 15 is 0 Å². The second-order valence-electron chi connectivity index (χ2n) is 10.1. The number of alkyl halides is 3. The fourth-order valence-corrected chi connectivity index (χ4v) is 5.24. The number of carbonyl (C=O) groups is 1. The molecule has 37 heavy (non-hydrogen) atoms. The van der Waals surface area contributed by atoms with E-state index in [1.807, 2.05) is 19.1 Å². The molecule has 0 radical (unpaired) electrons. The smallest absolute Gasteiger partial charge is 0.416 e. The van der Waals surface area contributed by atoms with E-state index in [1.54, 1.807) is 19.1 Å². The second-order valence-corrected chi connectivity index (χ2v) is 10.1. The molecule has 1 aromatic heterocycles. The topological polar surface area (TPSA) is 75.0 Å². The van der Waals surface area contributed by atoms with Crippen LogP contribution in [0.5, 0.6) is 0 Å². The summed E-state index contributed by atoms with van der Waals surface area (Å²) in [6.07, 6.45) is 0.932. The minimum absolute atomic E-state index is 0.0397. The van der Waals surface area contributed by atoms with Crippen molar-refractivity contribution in [3.05, 3.63) is 64.0 Å². The normalized spacial score (nSPS) is 18.0. The average Bonchev–Trinajstić information content (AvgIpc) is 2.85. The Hall–Kier alpha value is -2.94. The van der Waals surface area contributed by atoms with Gasteiger partial charge in [0, 0.05) is 25.3 Å². The maximum absolute atomic E-state index is 13.8. The quantitative estimate of drug-likeness (QED) is 0.318. The van der Waals surface area contributed by atoms with E-state index in [0.717, 1.165) is 43.4 Å². The number of aryl methyl sites for hydroxylation is 1. The molecule has 2 fully saturated rings. The molecular weight excluding hydrogens is 483 g/mol. The van der Waals surface area contributed by atoms with Gasteiger partial charge in [-0.3, -0.25) is 14.7 Å². The van der Waals surface area contributed by atoms with Gasteiger partial charge in [0.25, 0.3) is 0 Å². The first-order valence-corrected chi connectivity index (χ1v) is 13.0. The van der Waals surface area contributed by atoms with Crippen LogP contribution in [0.4, 0.5) is 13.2 Å². The third kappa shape index (κ3) is 6.69. The molecule has 200 valence electrons. The molecule has 0 bridgehead atoms. The van der Waals surface area contributed by atoms with Gasteiger partial charge in [0.15, 0.2) is 0 Å². The monoisotopic (exact) mass is 517 g/mol. The summed E-state index contributed by atoms with van der Waals surface area (Å²) in [5.41, 5.74) is 3.37. The number of likely N-dealkylation sites (tertiary alicyclic amines) is 1. The Balaban J connectivity index is 1.40. The van der Waals surface area contributed by atoms with E-state index in [-0.39, 0.29) is 18.4 Å². The van der Waals surface area contributed by atoms with E-state index in [0.29, 0.717) is 48.6 Å². The Bertz CT molecular complexity index is 1140. The highest BCUT2D eigenvalue weighted by molar-refractivity contribution is 5.96. The zero-order chi connectivity index (χ0) is 26.6. The van der Waals surface area contributed by atoms with Gasteiger partial charge in [0.1, 0.15) is 12.3 Å². The van der Waals surface area contributed by atoms with Crippen LogP contribution in [0, 0.1) is 5.92 Å². The Morgan fingerprint density at radius 2 is 1.89 bits per heavy atom. The van der Waals surface area contributed by atoms with Gasteiger partial charge >= 0.3 is 12.1 Å². The third-order valence-electron chi connectivity index (χ3n) is 7.38. The number of oxime groups is 1. The summed E-state index contributed by atoms with van der Waals surface area (Å²) >= 11 is 0. The molecule has 0 spiro atoms. The largest absolute Gasteiger partial charge is 0.481 e. The van der Waals surface area contributed by atoms with Crippen molar-refractivity contribution in [2.75, 3.05) is 13.1 Å². The molecule has 2 aliphatic rings. The van der Waals surface area contributed by atoms with Crippen molar-refractivity contribution in [2.24, 2.45) is 11.1 Å². The minimum atomic E-state index is -4.41. The predicted octanol–water partition coefficient (Wildman–Crippen LogP) is 6.17. The number of rotatable bonds is 9. The second kappa shape index (κ2) is 11.6. The van der Waals surface area contributed by atoms with Crippen LogP contribution in [0.3, 0.4) is 0 Å². The van der Waals surface area contributed by atoms with Crippen LogP contribution in [0.2, 0.25) is 0 Å². The highest BCUT2D eigenvalue weighted by atomic mass is 19.4. The number of carboxylic acids is 1. The SMILES string of the molecule is CCc1nc(/C(C)=N/OCc2ccc(C3CCCCC3)c(C(F)(F)F)c2)ccc1CN1CC(C(=O)O)C1. The van der Waals surface area contributed by atoms with Crippen LogP contribution in [0.25, 0.3) is 0 Å². The molecule has 1 saturated heterocycles. The van der Waals surface area contributed by atoms with Gasteiger partial charge in [0.2, 0.25) is 0 Å². The van der Waals surface area contributed by atoms with Crippen molar-refractivity contribution in [3.8, 4) is 0 Å². The number of benzene rings is 1. The van der Waals surface area contributed by atoms with Crippen LogP contribution in [-0.2, 0) is 35.4 Å². The summed E-state index contributed by atoms with van der Waals surface area (Å²) in [6.45, 7) is 5.40. The molecule has 0 amide bonds. The zero-order valence-electron chi connectivity index (χ0n) is 21.4. The number of pyridine rings is 1. The van der Waals surface area contributed by atoms with Crippen LogP contribution < -0.4 is 0 Å². The van der Waals surface area contributed by atoms with Crippen molar-refractivity contribution >= 4 is 11.7 Å². The number of aromatic nitrogens is 1. The van der Waals surface area contributed by atoms with Gasteiger partial charge in [-0.05, 0) is 60.9 Å². The van der Waals surface area contributed by atoms with Gasteiger partial charge < -0.3 is 9.94 Å². The predicted molar refractivity (Wildman–Crippen MR) is 134 cm³/mol. The van der Waals surface area contributed by atoms with E-state index in [9.17, 15) is 18.0 Å². The Labute approximate surface area is 215 Å². The van der Waals surface area contributed by atoms with E-state index < -0.39 is 17.7 Å². The molecule has 0 unspecified atom stereocenters. The number of halogens is 3. The van der Waals surface area contributed by atoms with Crippen LogP contribution in [-0.4, -0.2) is 39.8 Å². The molecule has 1 N–H and O–H groups in total. The first kappa shape index (κ1) is 27.1. The highest BCUT2D eigenvalue weighted by Gasteiger charge is 2.36. The molecule has 6 nitrogen and oxygen atoms in total. The molecule has 1 aliphatic carbocycles. The highest BCUT2D eigenvalue weighted by Crippen LogP contribution is 2.41. The van der Waals surface area contributed by atoms with Gasteiger partial charge in [-0.2, -0.15) is 13.2 Å². The molecule has 2 aromatic rings. The average molecular weight is 518 g/mol. The summed E-state index contributed by atoms with van der Waals surface area (Å²) < 4.78 is 41.4. The fourth-order valence-electron chi connectivity index (χ4n) is 5.24. The number of carboxylic acid groups (broad SMARTS) is 1. The molecule has 1 aromatic carbocycles. The van der Waals surface area contributed by atoms with Crippen molar-refractivity contribution in [3.63, 3.8) is 0 Å².